The molecule has 1 aliphatic carbocycles. The number of rotatable bonds is 2. The fourth-order valence-corrected chi connectivity index (χ4v) is 2.90. The number of nitrogens with two attached hydrogens (primary N) is 1. The Morgan fingerprint density at radius 1 is 1.58 bits per heavy atom. The topological polar surface area (TPSA) is 26.0 Å². The minimum absolute atomic E-state index is 0.776. The molecule has 0 bridgehead atoms. The summed E-state index contributed by atoms with van der Waals surface area (Å²) in [6.07, 6.45) is 1.31. The molecule has 0 saturated heterocycles. The minimum Gasteiger partial charge on any atom is -0.330 e. The van der Waals surface area contributed by atoms with E-state index < -0.39 is 0 Å². The Bertz CT molecular complexity index is 290. The largest absolute Gasteiger partial charge is 0.330 e. The molecule has 0 radical (unpaired) electrons. The first-order valence-corrected chi connectivity index (χ1v) is 5.31. The lowest BCUT2D eigenvalue weighted by Gasteiger charge is -1.95. The summed E-state index contributed by atoms with van der Waals surface area (Å²) in [7, 11) is 0. The molecule has 2 unspecified atom stereocenters. The molecule has 1 aliphatic rings. The molecule has 2 rings (SSSR count). The van der Waals surface area contributed by atoms with Gasteiger partial charge in [-0.15, -0.1) is 11.3 Å². The first kappa shape index (κ1) is 8.27. The van der Waals surface area contributed by atoms with Crippen LogP contribution in [0, 0.1) is 19.8 Å². The first-order chi connectivity index (χ1) is 5.72. The van der Waals surface area contributed by atoms with Crippen LogP contribution in [-0.4, -0.2) is 6.54 Å². The summed E-state index contributed by atoms with van der Waals surface area (Å²) in [5.74, 6) is 1.57. The van der Waals surface area contributed by atoms with Gasteiger partial charge in [0.05, 0.1) is 0 Å². The summed E-state index contributed by atoms with van der Waals surface area (Å²) in [4.78, 5) is 2.93. The van der Waals surface area contributed by atoms with Gasteiger partial charge in [-0.3, -0.25) is 0 Å². The van der Waals surface area contributed by atoms with Crippen molar-refractivity contribution in [1.82, 2.24) is 0 Å². The maximum Gasteiger partial charge on any atom is 0.00519 e. The van der Waals surface area contributed by atoms with Crippen molar-refractivity contribution in [3.8, 4) is 0 Å². The molecule has 0 amide bonds. The Kier molecular flexibility index (Phi) is 1.97. The molecule has 2 heteroatoms. The first-order valence-electron chi connectivity index (χ1n) is 4.49. The Labute approximate surface area is 77.6 Å². The molecule has 1 aromatic heterocycles. The zero-order valence-corrected chi connectivity index (χ0v) is 8.45. The van der Waals surface area contributed by atoms with Crippen molar-refractivity contribution in [2.24, 2.45) is 11.7 Å². The zero-order chi connectivity index (χ0) is 8.72. The monoisotopic (exact) mass is 181 g/mol. The van der Waals surface area contributed by atoms with E-state index in [1.807, 2.05) is 11.3 Å². The molecule has 1 aromatic rings. The number of aryl methyl sites for hydroxylation is 2. The van der Waals surface area contributed by atoms with E-state index in [0.29, 0.717) is 0 Å². The lowest BCUT2D eigenvalue weighted by molar-refractivity contribution is 0.809. The number of hydrogen-bond donors (Lipinski definition) is 1. The number of hydrogen-bond acceptors (Lipinski definition) is 2. The van der Waals surface area contributed by atoms with Crippen molar-refractivity contribution < 1.29 is 0 Å². The second-order valence-corrected chi connectivity index (χ2v) is 5.17. The summed E-state index contributed by atoms with van der Waals surface area (Å²) in [5, 5.41) is 0. The predicted octanol–water partition coefficient (Wildman–Crippen LogP) is 2.43. The van der Waals surface area contributed by atoms with E-state index in [2.05, 4.69) is 19.9 Å². The maximum atomic E-state index is 5.62. The SMILES string of the molecule is Cc1cc(C2CC2CN)c(C)s1. The quantitative estimate of drug-likeness (QED) is 0.745. The lowest BCUT2D eigenvalue weighted by Crippen LogP contribution is -2.01. The molecule has 1 nitrogen and oxygen atoms in total. The van der Waals surface area contributed by atoms with Crippen LogP contribution in [0.15, 0.2) is 6.07 Å². The maximum absolute atomic E-state index is 5.62. The summed E-state index contributed by atoms with van der Waals surface area (Å²) in [6, 6.07) is 2.33. The van der Waals surface area contributed by atoms with Crippen molar-refractivity contribution in [2.45, 2.75) is 26.2 Å². The van der Waals surface area contributed by atoms with Gasteiger partial charge in [0.25, 0.3) is 0 Å². The standard InChI is InChI=1S/C10H15NS/c1-6-3-9(7(2)12-6)10-4-8(10)5-11/h3,8,10H,4-5,11H2,1-2H3. The van der Waals surface area contributed by atoms with Crippen LogP contribution in [-0.2, 0) is 0 Å². The molecular formula is C10H15NS. The van der Waals surface area contributed by atoms with Crippen LogP contribution in [0.25, 0.3) is 0 Å². The van der Waals surface area contributed by atoms with Crippen LogP contribution >= 0.6 is 11.3 Å². The zero-order valence-electron chi connectivity index (χ0n) is 7.63. The molecule has 0 spiro atoms. The summed E-state index contributed by atoms with van der Waals surface area (Å²) in [5.41, 5.74) is 7.18. The highest BCUT2D eigenvalue weighted by molar-refractivity contribution is 7.12. The van der Waals surface area contributed by atoms with E-state index in [9.17, 15) is 0 Å². The van der Waals surface area contributed by atoms with Gasteiger partial charge in [0.1, 0.15) is 0 Å². The Hall–Kier alpha value is -0.340. The van der Waals surface area contributed by atoms with Gasteiger partial charge >= 0.3 is 0 Å². The van der Waals surface area contributed by atoms with Crippen molar-refractivity contribution >= 4 is 11.3 Å². The average molecular weight is 181 g/mol. The highest BCUT2D eigenvalue weighted by Crippen LogP contribution is 2.49. The van der Waals surface area contributed by atoms with Crippen molar-refractivity contribution in [3.05, 3.63) is 21.4 Å². The van der Waals surface area contributed by atoms with Gasteiger partial charge < -0.3 is 5.73 Å². The van der Waals surface area contributed by atoms with Gasteiger partial charge in [-0.1, -0.05) is 0 Å². The molecule has 2 N–H and O–H groups in total. The summed E-state index contributed by atoms with van der Waals surface area (Å²) < 4.78 is 0. The van der Waals surface area contributed by atoms with E-state index in [1.165, 1.54) is 16.2 Å². The van der Waals surface area contributed by atoms with Crippen LogP contribution in [0.3, 0.4) is 0 Å². The highest BCUT2D eigenvalue weighted by atomic mass is 32.1. The third kappa shape index (κ3) is 1.29. The molecular weight excluding hydrogens is 166 g/mol. The second kappa shape index (κ2) is 2.86. The molecule has 1 fully saturated rings. The molecule has 0 aliphatic heterocycles. The van der Waals surface area contributed by atoms with Gasteiger partial charge in [-0.05, 0) is 50.3 Å². The minimum atomic E-state index is 0.776. The van der Waals surface area contributed by atoms with E-state index in [1.54, 1.807) is 5.56 Å². The third-order valence-corrected chi connectivity index (χ3v) is 3.69. The van der Waals surface area contributed by atoms with Gasteiger partial charge in [0, 0.05) is 9.75 Å². The molecule has 1 saturated carbocycles. The smallest absolute Gasteiger partial charge is 0.00519 e. The van der Waals surface area contributed by atoms with Crippen LogP contribution < -0.4 is 5.73 Å². The second-order valence-electron chi connectivity index (χ2n) is 3.71. The van der Waals surface area contributed by atoms with Crippen LogP contribution in [0.4, 0.5) is 0 Å². The number of thiophene rings is 1. The van der Waals surface area contributed by atoms with E-state index >= 15 is 0 Å². The predicted molar refractivity (Wildman–Crippen MR) is 53.7 cm³/mol. The van der Waals surface area contributed by atoms with Crippen LogP contribution in [0.2, 0.25) is 0 Å². The fraction of sp³-hybridized carbons (Fsp3) is 0.600. The van der Waals surface area contributed by atoms with Gasteiger partial charge in [-0.2, -0.15) is 0 Å². The summed E-state index contributed by atoms with van der Waals surface area (Å²) in [6.45, 7) is 5.26. The average Bonchev–Trinajstić information content (AvgIpc) is 2.72. The fourth-order valence-electron chi connectivity index (χ4n) is 1.91. The van der Waals surface area contributed by atoms with Gasteiger partial charge in [0.15, 0.2) is 0 Å². The Balaban J connectivity index is 2.19. The van der Waals surface area contributed by atoms with Crippen LogP contribution in [0.1, 0.15) is 27.7 Å². The normalized spacial score (nSPS) is 27.6. The van der Waals surface area contributed by atoms with E-state index in [-0.39, 0.29) is 0 Å². The molecule has 2 atom stereocenters. The van der Waals surface area contributed by atoms with Gasteiger partial charge in [-0.25, -0.2) is 0 Å². The summed E-state index contributed by atoms with van der Waals surface area (Å²) >= 11 is 1.91. The lowest BCUT2D eigenvalue weighted by atomic mass is 10.1. The van der Waals surface area contributed by atoms with Gasteiger partial charge in [0.2, 0.25) is 0 Å². The van der Waals surface area contributed by atoms with Crippen LogP contribution in [0.5, 0.6) is 0 Å². The van der Waals surface area contributed by atoms with E-state index in [0.717, 1.165) is 18.4 Å². The molecule has 12 heavy (non-hydrogen) atoms. The molecule has 1 heterocycles. The third-order valence-electron chi connectivity index (χ3n) is 2.70. The molecule has 0 aromatic carbocycles. The van der Waals surface area contributed by atoms with E-state index in [4.69, 9.17) is 5.73 Å². The Morgan fingerprint density at radius 2 is 2.33 bits per heavy atom. The van der Waals surface area contributed by atoms with Crippen molar-refractivity contribution in [3.63, 3.8) is 0 Å². The highest BCUT2D eigenvalue weighted by Gasteiger charge is 2.38. The Morgan fingerprint density at radius 3 is 2.75 bits per heavy atom. The molecule has 66 valence electrons. The van der Waals surface area contributed by atoms with Crippen molar-refractivity contribution in [2.75, 3.05) is 6.54 Å². The van der Waals surface area contributed by atoms with Crippen molar-refractivity contribution in [1.29, 1.82) is 0 Å².